The number of rotatable bonds is 8. The van der Waals surface area contributed by atoms with Gasteiger partial charge in [0.25, 0.3) is 0 Å². The molecule has 1 atom stereocenters. The fourth-order valence-electron chi connectivity index (χ4n) is 4.37. The molecule has 0 bridgehead atoms. The molecule has 0 fully saturated rings. The molecule has 198 valence electrons. The Hall–Kier alpha value is -4.80. The Kier molecular flexibility index (Phi) is 7.22. The Labute approximate surface area is 219 Å². The monoisotopic (exact) mass is 535 g/mol. The summed E-state index contributed by atoms with van der Waals surface area (Å²) >= 11 is 0. The minimum Gasteiger partial charge on any atom is -0.494 e. The van der Waals surface area contributed by atoms with E-state index < -0.39 is 36.4 Å². The second-order valence-corrected chi connectivity index (χ2v) is 8.61. The lowest BCUT2D eigenvalue weighted by Gasteiger charge is -2.17. The van der Waals surface area contributed by atoms with Crippen molar-refractivity contribution < 1.29 is 27.1 Å². The van der Waals surface area contributed by atoms with Crippen molar-refractivity contribution in [2.75, 3.05) is 12.4 Å². The van der Waals surface area contributed by atoms with Crippen LogP contribution in [-0.2, 0) is 4.79 Å². The summed E-state index contributed by atoms with van der Waals surface area (Å²) in [7, 11) is 1.41. The molecule has 0 radical (unpaired) electrons. The summed E-state index contributed by atoms with van der Waals surface area (Å²) in [6.07, 6.45) is -0.491. The fraction of sp³-hybridized carbons (Fsp3) is 0.143. The van der Waals surface area contributed by atoms with E-state index >= 15 is 0 Å². The smallest absolute Gasteiger partial charge is 0.239 e. The number of fused-ring (bicyclic) bond motifs is 1. The van der Waals surface area contributed by atoms with Gasteiger partial charge in [-0.3, -0.25) is 9.78 Å². The number of nitrogens with zero attached hydrogens (tertiary/aromatic N) is 3. The average Bonchev–Trinajstić information content (AvgIpc) is 3.31. The van der Waals surface area contributed by atoms with Gasteiger partial charge in [-0.1, -0.05) is 18.2 Å². The molecule has 5 aromatic rings. The first-order chi connectivity index (χ1) is 18.8. The molecular formula is C28H21F4N5O2. The predicted octanol–water partition coefficient (Wildman–Crippen LogP) is 6.35. The number of methoxy groups -OCH3 is 1. The van der Waals surface area contributed by atoms with Crippen LogP contribution in [-0.4, -0.2) is 39.4 Å². The largest absolute Gasteiger partial charge is 0.494 e. The molecule has 0 saturated carbocycles. The van der Waals surface area contributed by atoms with E-state index in [4.69, 9.17) is 4.74 Å². The van der Waals surface area contributed by atoms with Crippen LogP contribution in [0.4, 0.5) is 23.4 Å². The third-order valence-electron chi connectivity index (χ3n) is 6.13. The number of anilines is 1. The van der Waals surface area contributed by atoms with Crippen LogP contribution in [0.2, 0.25) is 0 Å². The van der Waals surface area contributed by atoms with Gasteiger partial charge >= 0.3 is 0 Å². The molecule has 39 heavy (non-hydrogen) atoms. The zero-order valence-electron chi connectivity index (χ0n) is 20.5. The second kappa shape index (κ2) is 10.9. The van der Waals surface area contributed by atoms with E-state index in [1.807, 2.05) is 0 Å². The molecule has 1 aromatic carbocycles. The number of benzene rings is 1. The standard InChI is InChI=1S/C28H21F4N5O2/c1-39-20-14-22(32)35-27-24(19-4-2-3-10-33-19)25(37-26(20)27)16-9-11-34-23(12-16)36-28(38)18(13-21(30)31)15-5-7-17(29)8-6-15/h2-12,14,18,21,37H,13H2,1H3,(H,34,36,38)/t18-/m0/s1. The molecule has 0 aliphatic heterocycles. The molecule has 0 aliphatic carbocycles. The molecule has 4 heterocycles. The first-order valence-corrected chi connectivity index (χ1v) is 11.8. The normalized spacial score (nSPS) is 12.1. The van der Waals surface area contributed by atoms with Crippen molar-refractivity contribution in [3.8, 4) is 28.3 Å². The number of aromatic amines is 1. The van der Waals surface area contributed by atoms with Crippen molar-refractivity contribution in [2.45, 2.75) is 18.8 Å². The van der Waals surface area contributed by atoms with Crippen LogP contribution in [0.15, 0.2) is 73.1 Å². The molecule has 5 rings (SSSR count). The number of amides is 1. The van der Waals surface area contributed by atoms with Crippen molar-refractivity contribution >= 4 is 22.8 Å². The predicted molar refractivity (Wildman–Crippen MR) is 137 cm³/mol. The van der Waals surface area contributed by atoms with Gasteiger partial charge in [0.1, 0.15) is 28.4 Å². The van der Waals surface area contributed by atoms with Crippen LogP contribution in [0, 0.1) is 11.8 Å². The highest BCUT2D eigenvalue weighted by Crippen LogP contribution is 2.40. The second-order valence-electron chi connectivity index (χ2n) is 8.61. The number of carbonyl (C=O) groups excluding carboxylic acids is 1. The quantitative estimate of drug-likeness (QED) is 0.178. The first-order valence-electron chi connectivity index (χ1n) is 11.8. The van der Waals surface area contributed by atoms with Gasteiger partial charge in [-0.15, -0.1) is 0 Å². The highest BCUT2D eigenvalue weighted by Gasteiger charge is 2.26. The van der Waals surface area contributed by atoms with Crippen LogP contribution >= 0.6 is 0 Å². The number of alkyl halides is 2. The van der Waals surface area contributed by atoms with Crippen molar-refractivity contribution in [1.29, 1.82) is 0 Å². The molecule has 1 amide bonds. The van der Waals surface area contributed by atoms with Gasteiger partial charge in [-0.2, -0.15) is 4.39 Å². The Bertz CT molecular complexity index is 1630. The molecule has 0 spiro atoms. The number of halogens is 4. The SMILES string of the molecule is COc1cc(F)nc2c(-c3ccccn3)c(-c3ccnc(NC(=O)[C@@H](CC(F)F)c4ccc(F)cc4)c3)[nH]c12. The molecule has 0 aliphatic rings. The Balaban J connectivity index is 1.56. The molecule has 0 unspecified atom stereocenters. The lowest BCUT2D eigenvalue weighted by atomic mass is 9.95. The summed E-state index contributed by atoms with van der Waals surface area (Å²) in [5, 5.41) is 2.59. The van der Waals surface area contributed by atoms with Gasteiger partial charge in [0.15, 0.2) is 0 Å². The van der Waals surface area contributed by atoms with Crippen LogP contribution < -0.4 is 10.1 Å². The summed E-state index contributed by atoms with van der Waals surface area (Å²) in [5.74, 6) is -2.91. The van der Waals surface area contributed by atoms with Crippen molar-refractivity contribution in [3.63, 3.8) is 0 Å². The Morgan fingerprint density at radius 3 is 2.51 bits per heavy atom. The molecule has 0 saturated heterocycles. The van der Waals surface area contributed by atoms with Gasteiger partial charge in [0.2, 0.25) is 18.3 Å². The van der Waals surface area contributed by atoms with Crippen LogP contribution in [0.1, 0.15) is 17.9 Å². The molecule has 2 N–H and O–H groups in total. The number of nitrogens with one attached hydrogen (secondary N) is 2. The highest BCUT2D eigenvalue weighted by molar-refractivity contribution is 6.03. The van der Waals surface area contributed by atoms with Crippen LogP contribution in [0.25, 0.3) is 33.5 Å². The lowest BCUT2D eigenvalue weighted by Crippen LogP contribution is -2.23. The summed E-state index contributed by atoms with van der Waals surface area (Å²) < 4.78 is 59.7. The van der Waals surface area contributed by atoms with Crippen LogP contribution in [0.3, 0.4) is 0 Å². The summed E-state index contributed by atoms with van der Waals surface area (Å²) in [6.45, 7) is 0. The summed E-state index contributed by atoms with van der Waals surface area (Å²) in [6, 6.07) is 14.4. The minimum absolute atomic E-state index is 0.0932. The maximum absolute atomic E-state index is 14.4. The number of hydrogen-bond acceptors (Lipinski definition) is 5. The van der Waals surface area contributed by atoms with Gasteiger partial charge in [0.05, 0.1) is 30.0 Å². The van der Waals surface area contributed by atoms with Gasteiger partial charge in [-0.05, 0) is 42.0 Å². The maximum Gasteiger partial charge on any atom is 0.239 e. The van der Waals surface area contributed by atoms with E-state index in [1.165, 1.54) is 25.4 Å². The Morgan fingerprint density at radius 1 is 1.03 bits per heavy atom. The van der Waals surface area contributed by atoms with Gasteiger partial charge < -0.3 is 15.0 Å². The molecule has 11 heteroatoms. The zero-order chi connectivity index (χ0) is 27.5. The summed E-state index contributed by atoms with van der Waals surface area (Å²) in [4.78, 5) is 28.9. The average molecular weight is 536 g/mol. The Morgan fingerprint density at radius 2 is 1.82 bits per heavy atom. The van der Waals surface area contributed by atoms with E-state index in [2.05, 4.69) is 25.3 Å². The number of pyridine rings is 3. The van der Waals surface area contributed by atoms with E-state index in [9.17, 15) is 22.4 Å². The first kappa shape index (κ1) is 25.8. The molecule has 4 aromatic heterocycles. The van der Waals surface area contributed by atoms with Crippen LogP contribution in [0.5, 0.6) is 5.75 Å². The molecular weight excluding hydrogens is 514 g/mol. The van der Waals surface area contributed by atoms with Crippen molar-refractivity contribution in [2.24, 2.45) is 0 Å². The number of hydrogen-bond donors (Lipinski definition) is 2. The fourth-order valence-corrected chi connectivity index (χ4v) is 4.37. The van der Waals surface area contributed by atoms with E-state index in [-0.39, 0.29) is 22.6 Å². The highest BCUT2D eigenvalue weighted by atomic mass is 19.3. The summed E-state index contributed by atoms with van der Waals surface area (Å²) in [5.41, 5.74) is 3.01. The number of carbonyl (C=O) groups is 1. The maximum atomic E-state index is 14.4. The van der Waals surface area contributed by atoms with Gasteiger partial charge in [-0.25, -0.2) is 23.1 Å². The number of aromatic nitrogens is 4. The molecule has 7 nitrogen and oxygen atoms in total. The van der Waals surface area contributed by atoms with Crippen molar-refractivity contribution in [3.05, 3.63) is 90.4 Å². The topological polar surface area (TPSA) is 92.8 Å². The zero-order valence-corrected chi connectivity index (χ0v) is 20.5. The van der Waals surface area contributed by atoms with Gasteiger partial charge in [0, 0.05) is 30.4 Å². The van der Waals surface area contributed by atoms with E-state index in [0.717, 1.165) is 18.2 Å². The third kappa shape index (κ3) is 5.42. The van der Waals surface area contributed by atoms with E-state index in [1.54, 1.807) is 36.5 Å². The van der Waals surface area contributed by atoms with Crippen molar-refractivity contribution in [1.82, 2.24) is 19.9 Å². The third-order valence-corrected chi connectivity index (χ3v) is 6.13. The lowest BCUT2D eigenvalue weighted by molar-refractivity contribution is -0.118. The van der Waals surface area contributed by atoms with E-state index in [0.29, 0.717) is 28.0 Å². The minimum atomic E-state index is -2.76. The number of ether oxygens (including phenoxy) is 1. The number of H-pyrrole nitrogens is 1.